The molecule has 0 amide bonds. The Kier molecular flexibility index (Phi) is 2.25. The average Bonchev–Trinajstić information content (AvgIpc) is 2.39. The number of benzene rings is 1. The van der Waals surface area contributed by atoms with E-state index in [0.29, 0.717) is 15.7 Å². The lowest BCUT2D eigenvalue weighted by molar-refractivity contribution is 0.111. The van der Waals surface area contributed by atoms with Crippen LogP contribution in [-0.4, -0.2) is 10.9 Å². The van der Waals surface area contributed by atoms with Crippen molar-refractivity contribution >= 4 is 40.4 Å². The molecule has 4 heteroatoms. The highest BCUT2D eigenvalue weighted by Crippen LogP contribution is 2.30. The number of aldehydes is 1. The molecule has 0 saturated heterocycles. The largest absolute Gasteiger partial charge is 0.340 e. The summed E-state index contributed by atoms with van der Waals surface area (Å²) in [7, 11) is 1.79. The summed E-state index contributed by atoms with van der Waals surface area (Å²) >= 11 is 11.9. The van der Waals surface area contributed by atoms with Gasteiger partial charge in [0.05, 0.1) is 10.5 Å². The number of carbonyl (C=O) groups excluding carboxylic acids is 1. The van der Waals surface area contributed by atoms with E-state index in [1.165, 1.54) is 0 Å². The van der Waals surface area contributed by atoms with Crippen molar-refractivity contribution in [2.24, 2.45) is 7.05 Å². The Bertz CT molecular complexity index is 516. The summed E-state index contributed by atoms with van der Waals surface area (Å²) in [4.78, 5) is 10.8. The molecular formula is C10H7Cl2NO. The number of nitrogens with zero attached hydrogens (tertiary/aromatic N) is 1. The minimum absolute atomic E-state index is 0.476. The fourth-order valence-corrected chi connectivity index (χ4v) is 2.01. The van der Waals surface area contributed by atoms with Crippen molar-refractivity contribution in [1.29, 1.82) is 0 Å². The standard InChI is InChI=1S/C10H7Cl2NO/c1-13-8-4-6(11)2-3-7(8)10(12)9(13)5-14/h2-5H,1H3. The van der Waals surface area contributed by atoms with Gasteiger partial charge in [-0.1, -0.05) is 23.2 Å². The van der Waals surface area contributed by atoms with Crippen molar-refractivity contribution in [2.45, 2.75) is 0 Å². The Labute approximate surface area is 91.0 Å². The van der Waals surface area contributed by atoms with Gasteiger partial charge in [-0.3, -0.25) is 4.79 Å². The molecule has 0 aliphatic carbocycles. The Morgan fingerprint density at radius 3 is 2.71 bits per heavy atom. The van der Waals surface area contributed by atoms with E-state index < -0.39 is 0 Å². The molecule has 1 aromatic carbocycles. The molecule has 0 spiro atoms. The zero-order chi connectivity index (χ0) is 10.3. The maximum absolute atomic E-state index is 10.8. The van der Waals surface area contributed by atoms with Crippen LogP contribution in [0.3, 0.4) is 0 Å². The van der Waals surface area contributed by atoms with Crippen LogP contribution in [-0.2, 0) is 7.05 Å². The zero-order valence-corrected chi connectivity index (χ0v) is 8.93. The molecule has 0 saturated carbocycles. The van der Waals surface area contributed by atoms with E-state index in [1.807, 2.05) is 6.07 Å². The van der Waals surface area contributed by atoms with E-state index in [0.717, 1.165) is 17.2 Å². The third-order valence-corrected chi connectivity index (χ3v) is 2.89. The van der Waals surface area contributed by atoms with Gasteiger partial charge in [-0.2, -0.15) is 0 Å². The molecule has 14 heavy (non-hydrogen) atoms. The molecule has 2 nitrogen and oxygen atoms in total. The maximum Gasteiger partial charge on any atom is 0.168 e. The second-order valence-corrected chi connectivity index (χ2v) is 3.85. The van der Waals surface area contributed by atoms with Crippen LogP contribution in [0.2, 0.25) is 10.0 Å². The van der Waals surface area contributed by atoms with E-state index in [1.54, 1.807) is 23.7 Å². The molecule has 72 valence electrons. The van der Waals surface area contributed by atoms with Gasteiger partial charge in [0, 0.05) is 17.5 Å². The minimum atomic E-state index is 0.476. The first-order chi connectivity index (χ1) is 6.65. The molecule has 0 aliphatic heterocycles. The summed E-state index contributed by atoms with van der Waals surface area (Å²) in [6, 6.07) is 5.35. The summed E-state index contributed by atoms with van der Waals surface area (Å²) < 4.78 is 1.73. The van der Waals surface area contributed by atoms with Crippen molar-refractivity contribution in [3.8, 4) is 0 Å². The zero-order valence-electron chi connectivity index (χ0n) is 7.42. The van der Waals surface area contributed by atoms with Crippen LogP contribution in [0.1, 0.15) is 10.5 Å². The number of rotatable bonds is 1. The Balaban J connectivity index is 2.94. The molecule has 0 aliphatic rings. The molecule has 0 unspecified atom stereocenters. The number of carbonyl (C=O) groups is 1. The van der Waals surface area contributed by atoms with Crippen LogP contribution in [0.15, 0.2) is 18.2 Å². The van der Waals surface area contributed by atoms with Gasteiger partial charge in [0.2, 0.25) is 0 Å². The lowest BCUT2D eigenvalue weighted by atomic mass is 10.2. The lowest BCUT2D eigenvalue weighted by Gasteiger charge is -1.97. The van der Waals surface area contributed by atoms with Crippen LogP contribution in [0.5, 0.6) is 0 Å². The molecule has 0 radical (unpaired) electrons. The molecule has 2 aromatic rings. The van der Waals surface area contributed by atoms with E-state index in [2.05, 4.69) is 0 Å². The highest BCUT2D eigenvalue weighted by atomic mass is 35.5. The van der Waals surface area contributed by atoms with Crippen molar-refractivity contribution in [2.75, 3.05) is 0 Å². The van der Waals surface area contributed by atoms with Crippen LogP contribution in [0.4, 0.5) is 0 Å². The van der Waals surface area contributed by atoms with Crippen molar-refractivity contribution in [1.82, 2.24) is 4.57 Å². The fraction of sp³-hybridized carbons (Fsp3) is 0.100. The van der Waals surface area contributed by atoms with Gasteiger partial charge in [-0.25, -0.2) is 0 Å². The summed E-state index contributed by atoms with van der Waals surface area (Å²) in [5.41, 5.74) is 1.34. The number of aryl methyl sites for hydroxylation is 1. The number of hydrogen-bond donors (Lipinski definition) is 0. The van der Waals surface area contributed by atoms with E-state index in [-0.39, 0.29) is 0 Å². The van der Waals surface area contributed by atoms with E-state index in [4.69, 9.17) is 23.2 Å². The molecule has 0 fully saturated rings. The summed E-state index contributed by atoms with van der Waals surface area (Å²) in [5, 5.41) is 1.96. The van der Waals surface area contributed by atoms with Gasteiger partial charge in [0.15, 0.2) is 6.29 Å². The third-order valence-electron chi connectivity index (χ3n) is 2.26. The number of hydrogen-bond acceptors (Lipinski definition) is 1. The Morgan fingerprint density at radius 2 is 2.07 bits per heavy atom. The Hall–Kier alpha value is -0.990. The second-order valence-electron chi connectivity index (χ2n) is 3.04. The van der Waals surface area contributed by atoms with Gasteiger partial charge in [0.1, 0.15) is 5.69 Å². The molecule has 0 atom stereocenters. The monoisotopic (exact) mass is 227 g/mol. The van der Waals surface area contributed by atoms with Gasteiger partial charge in [-0.15, -0.1) is 0 Å². The average molecular weight is 228 g/mol. The first kappa shape index (κ1) is 9.56. The molecule has 0 N–H and O–H groups in total. The quantitative estimate of drug-likeness (QED) is 0.686. The van der Waals surface area contributed by atoms with Crippen molar-refractivity contribution in [3.63, 3.8) is 0 Å². The van der Waals surface area contributed by atoms with Crippen LogP contribution < -0.4 is 0 Å². The van der Waals surface area contributed by atoms with Gasteiger partial charge >= 0.3 is 0 Å². The topological polar surface area (TPSA) is 22.0 Å². The predicted octanol–water partition coefficient (Wildman–Crippen LogP) is 3.30. The van der Waals surface area contributed by atoms with Crippen LogP contribution in [0.25, 0.3) is 10.9 Å². The number of halogens is 2. The molecule has 2 rings (SSSR count). The predicted molar refractivity (Wildman–Crippen MR) is 58.3 cm³/mol. The maximum atomic E-state index is 10.8. The summed E-state index contributed by atoms with van der Waals surface area (Å²) in [5.74, 6) is 0. The van der Waals surface area contributed by atoms with Gasteiger partial charge in [0.25, 0.3) is 0 Å². The summed E-state index contributed by atoms with van der Waals surface area (Å²) in [6.07, 6.45) is 0.746. The minimum Gasteiger partial charge on any atom is -0.340 e. The highest BCUT2D eigenvalue weighted by molar-refractivity contribution is 6.38. The van der Waals surface area contributed by atoms with Crippen molar-refractivity contribution < 1.29 is 4.79 Å². The van der Waals surface area contributed by atoms with Gasteiger partial charge in [-0.05, 0) is 18.2 Å². The van der Waals surface area contributed by atoms with Crippen molar-refractivity contribution in [3.05, 3.63) is 33.9 Å². The summed E-state index contributed by atoms with van der Waals surface area (Å²) in [6.45, 7) is 0. The fourth-order valence-electron chi connectivity index (χ4n) is 1.51. The number of fused-ring (bicyclic) bond motifs is 1. The lowest BCUT2D eigenvalue weighted by Crippen LogP contribution is -1.93. The Morgan fingerprint density at radius 1 is 1.36 bits per heavy atom. The van der Waals surface area contributed by atoms with E-state index >= 15 is 0 Å². The molecule has 0 bridgehead atoms. The van der Waals surface area contributed by atoms with E-state index in [9.17, 15) is 4.79 Å². The highest BCUT2D eigenvalue weighted by Gasteiger charge is 2.12. The first-order valence-electron chi connectivity index (χ1n) is 4.03. The van der Waals surface area contributed by atoms with Crippen LogP contribution in [0, 0.1) is 0 Å². The van der Waals surface area contributed by atoms with Crippen LogP contribution >= 0.6 is 23.2 Å². The normalized spacial score (nSPS) is 10.8. The second kappa shape index (κ2) is 3.30. The SMILES string of the molecule is Cn1c(C=O)c(Cl)c2ccc(Cl)cc21. The number of aromatic nitrogens is 1. The third kappa shape index (κ3) is 1.22. The molecule has 1 heterocycles. The molecular weight excluding hydrogens is 221 g/mol. The molecule has 1 aromatic heterocycles. The van der Waals surface area contributed by atoms with Gasteiger partial charge < -0.3 is 4.57 Å². The first-order valence-corrected chi connectivity index (χ1v) is 4.79. The smallest absolute Gasteiger partial charge is 0.168 e.